The second-order valence-corrected chi connectivity index (χ2v) is 6.96. The number of fused-ring (bicyclic) bond motifs is 2. The summed E-state index contributed by atoms with van der Waals surface area (Å²) < 4.78 is 0. The Balaban J connectivity index is 0.00000240. The highest BCUT2D eigenvalue weighted by atomic mass is 35.5. The van der Waals surface area contributed by atoms with Gasteiger partial charge in [-0.15, -0.1) is 12.4 Å². The molecular weight excluding hydrogens is 390 g/mol. The maximum atomic E-state index is 13.0. The van der Waals surface area contributed by atoms with Gasteiger partial charge in [-0.3, -0.25) is 9.59 Å². The molecule has 0 radical (unpaired) electrons. The fraction of sp³-hybridized carbons (Fsp3) is 0.130. The first-order chi connectivity index (χ1) is 13.4. The fourth-order valence-corrected chi connectivity index (χ4v) is 3.77. The summed E-state index contributed by atoms with van der Waals surface area (Å²) in [6, 6.07) is 14.0. The number of halogens is 1. The molecule has 3 aromatic rings. The minimum absolute atomic E-state index is 0. The maximum absolute atomic E-state index is 13.0. The molecule has 5 nitrogen and oxygen atoms in total. The van der Waals surface area contributed by atoms with Crippen molar-refractivity contribution in [1.82, 2.24) is 0 Å². The molecule has 0 saturated heterocycles. The van der Waals surface area contributed by atoms with Crippen molar-refractivity contribution in [1.29, 1.82) is 0 Å². The van der Waals surface area contributed by atoms with E-state index in [1.165, 1.54) is 0 Å². The van der Waals surface area contributed by atoms with Crippen molar-refractivity contribution in [3.8, 4) is 11.5 Å². The maximum Gasteiger partial charge on any atom is 0.198 e. The monoisotopic (exact) mass is 409 g/mol. The Morgan fingerprint density at radius 2 is 1.38 bits per heavy atom. The molecule has 3 aromatic carbocycles. The molecule has 4 rings (SSSR count). The van der Waals surface area contributed by atoms with E-state index in [2.05, 4.69) is 0 Å². The Bertz CT molecular complexity index is 1150. The molecule has 0 amide bonds. The largest absolute Gasteiger partial charge is 0.507 e. The second-order valence-electron chi connectivity index (χ2n) is 6.96. The van der Waals surface area contributed by atoms with Gasteiger partial charge in [-0.2, -0.15) is 0 Å². The van der Waals surface area contributed by atoms with Gasteiger partial charge in [0, 0.05) is 29.7 Å². The van der Waals surface area contributed by atoms with Crippen molar-refractivity contribution in [3.05, 3.63) is 93.0 Å². The number of hydrogen-bond acceptors (Lipinski definition) is 5. The fourth-order valence-electron chi connectivity index (χ4n) is 3.77. The van der Waals surface area contributed by atoms with Gasteiger partial charge in [-0.1, -0.05) is 48.5 Å². The topological polar surface area (TPSA) is 101 Å². The number of carbonyl (C=O) groups excluding carboxylic acids is 2. The molecule has 0 atom stereocenters. The van der Waals surface area contributed by atoms with Crippen molar-refractivity contribution < 1.29 is 19.8 Å². The highest BCUT2D eigenvalue weighted by Crippen LogP contribution is 2.43. The van der Waals surface area contributed by atoms with Crippen LogP contribution in [0.15, 0.2) is 48.5 Å². The first-order valence-corrected chi connectivity index (χ1v) is 8.97. The first-order valence-electron chi connectivity index (χ1n) is 8.97. The molecular formula is C23H20ClNO4. The highest BCUT2D eigenvalue weighted by molar-refractivity contribution is 6.30. The van der Waals surface area contributed by atoms with Crippen LogP contribution in [-0.4, -0.2) is 21.8 Å². The SMILES string of the molecule is Cc1c(O)c2c(c(O)c1Cc1cccc(CN)c1)C(=O)c1ccccc1C2=O.Cl. The zero-order valence-corrected chi connectivity index (χ0v) is 16.5. The van der Waals surface area contributed by atoms with Crippen LogP contribution >= 0.6 is 12.4 Å². The normalized spacial score (nSPS) is 12.2. The number of nitrogens with two attached hydrogens (primary N) is 1. The Hall–Kier alpha value is -3.15. The number of phenols is 2. The summed E-state index contributed by atoms with van der Waals surface area (Å²) in [4.78, 5) is 25.9. The third-order valence-electron chi connectivity index (χ3n) is 5.30. The quantitative estimate of drug-likeness (QED) is 0.448. The van der Waals surface area contributed by atoms with Gasteiger partial charge in [0.15, 0.2) is 11.6 Å². The van der Waals surface area contributed by atoms with Crippen LogP contribution in [0.3, 0.4) is 0 Å². The molecule has 0 aliphatic heterocycles. The summed E-state index contributed by atoms with van der Waals surface area (Å²) >= 11 is 0. The van der Waals surface area contributed by atoms with E-state index in [1.54, 1.807) is 31.2 Å². The van der Waals surface area contributed by atoms with E-state index in [9.17, 15) is 19.8 Å². The van der Waals surface area contributed by atoms with Gasteiger partial charge < -0.3 is 15.9 Å². The molecule has 0 aromatic heterocycles. The van der Waals surface area contributed by atoms with Gasteiger partial charge in [0.1, 0.15) is 11.5 Å². The van der Waals surface area contributed by atoms with Crippen molar-refractivity contribution in [2.75, 3.05) is 0 Å². The molecule has 148 valence electrons. The van der Waals surface area contributed by atoms with E-state index >= 15 is 0 Å². The Morgan fingerprint density at radius 3 is 1.97 bits per heavy atom. The summed E-state index contributed by atoms with van der Waals surface area (Å²) in [5.74, 6) is -1.44. The number of carbonyl (C=O) groups is 2. The van der Waals surface area contributed by atoms with Gasteiger partial charge in [0.2, 0.25) is 0 Å². The average molecular weight is 410 g/mol. The van der Waals surface area contributed by atoms with E-state index in [4.69, 9.17) is 5.73 Å². The molecule has 1 aliphatic carbocycles. The van der Waals surface area contributed by atoms with E-state index < -0.39 is 11.6 Å². The van der Waals surface area contributed by atoms with Crippen molar-refractivity contribution >= 4 is 24.0 Å². The Kier molecular flexibility index (Phi) is 5.46. The predicted octanol–water partition coefficient (Wildman–Crippen LogP) is 3.65. The van der Waals surface area contributed by atoms with E-state index in [1.807, 2.05) is 24.3 Å². The van der Waals surface area contributed by atoms with Crippen LogP contribution < -0.4 is 5.73 Å². The lowest BCUT2D eigenvalue weighted by Crippen LogP contribution is -2.22. The zero-order valence-electron chi connectivity index (χ0n) is 15.7. The molecule has 0 spiro atoms. The minimum Gasteiger partial charge on any atom is -0.507 e. The summed E-state index contributed by atoms with van der Waals surface area (Å²) in [5.41, 5.74) is 8.54. The smallest absolute Gasteiger partial charge is 0.198 e. The summed E-state index contributed by atoms with van der Waals surface area (Å²) in [5, 5.41) is 21.7. The number of rotatable bonds is 3. The molecule has 1 aliphatic rings. The van der Waals surface area contributed by atoms with Crippen LogP contribution in [0, 0.1) is 6.92 Å². The van der Waals surface area contributed by atoms with Crippen LogP contribution in [0.1, 0.15) is 54.1 Å². The Morgan fingerprint density at radius 1 is 0.828 bits per heavy atom. The lowest BCUT2D eigenvalue weighted by molar-refractivity contribution is 0.0974. The molecule has 0 bridgehead atoms. The third-order valence-corrected chi connectivity index (χ3v) is 5.30. The highest BCUT2D eigenvalue weighted by Gasteiger charge is 2.36. The van der Waals surface area contributed by atoms with Gasteiger partial charge >= 0.3 is 0 Å². The van der Waals surface area contributed by atoms with E-state index in [-0.39, 0.29) is 46.2 Å². The van der Waals surface area contributed by atoms with E-state index in [0.29, 0.717) is 24.1 Å². The molecule has 0 saturated carbocycles. The number of ketones is 2. The molecule has 0 fully saturated rings. The minimum atomic E-state index is -0.463. The first kappa shape index (κ1) is 20.6. The lowest BCUT2D eigenvalue weighted by Gasteiger charge is -2.23. The Labute approximate surface area is 174 Å². The van der Waals surface area contributed by atoms with Crippen LogP contribution in [0.25, 0.3) is 0 Å². The molecule has 0 unspecified atom stereocenters. The standard InChI is InChI=1S/C23H19NO4.ClH/c1-12-17(10-13-5-4-6-14(9-13)11-24)23(28)19-18(20(12)25)21(26)15-7-2-3-8-16(15)22(19)27;/h2-9,25,28H,10-11,24H2,1H3;1H. The van der Waals surface area contributed by atoms with Gasteiger partial charge in [0.25, 0.3) is 0 Å². The number of aromatic hydroxyl groups is 2. The van der Waals surface area contributed by atoms with Gasteiger partial charge in [-0.05, 0) is 23.6 Å². The molecule has 4 N–H and O–H groups in total. The van der Waals surface area contributed by atoms with E-state index in [0.717, 1.165) is 11.1 Å². The van der Waals surface area contributed by atoms with Crippen LogP contribution in [-0.2, 0) is 13.0 Å². The predicted molar refractivity (Wildman–Crippen MR) is 112 cm³/mol. The van der Waals surface area contributed by atoms with Crippen LogP contribution in [0.2, 0.25) is 0 Å². The second kappa shape index (κ2) is 7.70. The average Bonchev–Trinajstić information content (AvgIpc) is 2.72. The third kappa shape index (κ3) is 3.18. The molecule has 29 heavy (non-hydrogen) atoms. The van der Waals surface area contributed by atoms with Gasteiger partial charge in [0.05, 0.1) is 11.1 Å². The number of phenolic OH excluding ortho intramolecular Hbond substituents is 2. The lowest BCUT2D eigenvalue weighted by atomic mass is 9.80. The number of hydrogen-bond donors (Lipinski definition) is 3. The molecule has 6 heteroatoms. The van der Waals surface area contributed by atoms with Crippen molar-refractivity contribution in [2.24, 2.45) is 5.73 Å². The summed E-state index contributed by atoms with van der Waals surface area (Å²) in [6.07, 6.45) is 0.301. The number of benzene rings is 3. The van der Waals surface area contributed by atoms with Crippen molar-refractivity contribution in [2.45, 2.75) is 19.9 Å². The van der Waals surface area contributed by atoms with Crippen LogP contribution in [0.4, 0.5) is 0 Å². The van der Waals surface area contributed by atoms with Crippen molar-refractivity contribution in [3.63, 3.8) is 0 Å². The molecule has 0 heterocycles. The summed E-state index contributed by atoms with van der Waals surface area (Å²) in [6.45, 7) is 2.02. The zero-order chi connectivity index (χ0) is 20.0. The van der Waals surface area contributed by atoms with Gasteiger partial charge in [-0.25, -0.2) is 0 Å². The summed E-state index contributed by atoms with van der Waals surface area (Å²) in [7, 11) is 0. The van der Waals surface area contributed by atoms with Crippen LogP contribution in [0.5, 0.6) is 11.5 Å².